The molecule has 4 nitrogen and oxygen atoms in total. The minimum Gasteiger partial charge on any atom is -0.330 e. The largest absolute Gasteiger partial charge is 0.330 e. The Balaban J connectivity index is 0.00000200. The molecule has 0 aliphatic carbocycles. The van der Waals surface area contributed by atoms with Crippen LogP contribution in [0.5, 0.6) is 0 Å². The minimum absolute atomic E-state index is 0. The van der Waals surface area contributed by atoms with E-state index >= 15 is 0 Å². The van der Waals surface area contributed by atoms with Crippen molar-refractivity contribution in [3.8, 4) is 0 Å². The van der Waals surface area contributed by atoms with Crippen LogP contribution in [0.25, 0.3) is 0 Å². The topological polar surface area (TPSA) is 58.4 Å². The summed E-state index contributed by atoms with van der Waals surface area (Å²) < 4.78 is 0. The molecule has 2 rings (SSSR count). The van der Waals surface area contributed by atoms with Gasteiger partial charge in [0.1, 0.15) is 0 Å². The third kappa shape index (κ3) is 5.29. The summed E-state index contributed by atoms with van der Waals surface area (Å²) in [5.74, 6) is 0.643. The zero-order valence-corrected chi connectivity index (χ0v) is 12.9. The molecule has 1 aromatic rings. The van der Waals surface area contributed by atoms with E-state index < -0.39 is 0 Å². The van der Waals surface area contributed by atoms with Gasteiger partial charge in [-0.15, -0.1) is 12.4 Å². The first-order valence-corrected chi connectivity index (χ1v) is 7.03. The number of carbonyl (C=O) groups is 1. The third-order valence-electron chi connectivity index (χ3n) is 3.54. The van der Waals surface area contributed by atoms with E-state index in [9.17, 15) is 4.79 Å². The molecule has 1 aromatic carbocycles. The monoisotopic (exact) mass is 317 g/mol. The van der Waals surface area contributed by atoms with Gasteiger partial charge in [-0.05, 0) is 62.7 Å². The summed E-state index contributed by atoms with van der Waals surface area (Å²) in [6.07, 6.45) is 2.18. The summed E-state index contributed by atoms with van der Waals surface area (Å²) in [4.78, 5) is 14.1. The minimum atomic E-state index is 0. The number of amides is 1. The molecule has 1 heterocycles. The Morgan fingerprint density at radius 3 is 2.45 bits per heavy atom. The lowest BCUT2D eigenvalue weighted by atomic mass is 9.97. The number of hydrogen-bond acceptors (Lipinski definition) is 3. The Labute approximate surface area is 131 Å². The molecule has 0 bridgehead atoms. The lowest BCUT2D eigenvalue weighted by Crippen LogP contribution is -2.40. The molecule has 1 amide bonds. The highest BCUT2D eigenvalue weighted by Crippen LogP contribution is 2.16. The summed E-state index contributed by atoms with van der Waals surface area (Å²) in [6, 6.07) is 7.15. The molecular weight excluding hydrogens is 297 g/mol. The van der Waals surface area contributed by atoms with Crippen LogP contribution in [0.15, 0.2) is 24.3 Å². The Morgan fingerprint density at radius 1 is 1.30 bits per heavy atom. The van der Waals surface area contributed by atoms with Crippen LogP contribution in [-0.4, -0.2) is 37.0 Å². The number of benzene rings is 1. The fourth-order valence-electron chi connectivity index (χ4n) is 2.32. The molecule has 3 N–H and O–H groups in total. The van der Waals surface area contributed by atoms with Gasteiger partial charge in [-0.1, -0.05) is 11.6 Å². The number of nitrogens with two attached hydrogens (primary N) is 1. The van der Waals surface area contributed by atoms with Crippen molar-refractivity contribution in [2.45, 2.75) is 12.8 Å². The van der Waals surface area contributed by atoms with Gasteiger partial charge in [0.05, 0.1) is 6.54 Å². The smallest absolute Gasteiger partial charge is 0.238 e. The maximum absolute atomic E-state index is 11.9. The lowest BCUT2D eigenvalue weighted by Gasteiger charge is -2.30. The fraction of sp³-hybridized carbons (Fsp3) is 0.500. The van der Waals surface area contributed by atoms with Crippen molar-refractivity contribution in [1.29, 1.82) is 0 Å². The van der Waals surface area contributed by atoms with Crippen molar-refractivity contribution < 1.29 is 4.79 Å². The molecule has 0 unspecified atom stereocenters. The first-order chi connectivity index (χ1) is 9.17. The molecule has 112 valence electrons. The van der Waals surface area contributed by atoms with Crippen LogP contribution in [0.2, 0.25) is 5.02 Å². The molecule has 0 saturated carbocycles. The number of nitrogens with one attached hydrogen (secondary N) is 1. The first kappa shape index (κ1) is 17.2. The zero-order valence-electron chi connectivity index (χ0n) is 11.3. The Hall–Kier alpha value is -0.810. The molecule has 1 saturated heterocycles. The summed E-state index contributed by atoms with van der Waals surface area (Å²) in [5.41, 5.74) is 6.44. The van der Waals surface area contributed by atoms with Crippen LogP contribution in [0.3, 0.4) is 0 Å². The number of hydrogen-bond donors (Lipinski definition) is 2. The van der Waals surface area contributed by atoms with Gasteiger partial charge in [-0.2, -0.15) is 0 Å². The highest BCUT2D eigenvalue weighted by Gasteiger charge is 2.19. The molecule has 0 spiro atoms. The number of halogens is 2. The van der Waals surface area contributed by atoms with Crippen molar-refractivity contribution in [2.75, 3.05) is 31.5 Å². The summed E-state index contributed by atoms with van der Waals surface area (Å²) in [5, 5.41) is 3.55. The molecule has 1 aliphatic rings. The van der Waals surface area contributed by atoms with Crippen molar-refractivity contribution in [1.82, 2.24) is 4.90 Å². The average molecular weight is 318 g/mol. The lowest BCUT2D eigenvalue weighted by molar-refractivity contribution is -0.117. The van der Waals surface area contributed by atoms with E-state index in [1.165, 1.54) is 0 Å². The maximum Gasteiger partial charge on any atom is 0.238 e. The Morgan fingerprint density at radius 2 is 1.90 bits per heavy atom. The van der Waals surface area contributed by atoms with E-state index in [0.717, 1.165) is 38.2 Å². The number of piperidine rings is 1. The number of anilines is 1. The summed E-state index contributed by atoms with van der Waals surface area (Å²) in [6.45, 7) is 3.11. The predicted molar refractivity (Wildman–Crippen MR) is 85.5 cm³/mol. The average Bonchev–Trinajstić information content (AvgIpc) is 2.42. The SMILES string of the molecule is Cl.NCC1CCN(CC(=O)Nc2ccc(Cl)cc2)CC1. The van der Waals surface area contributed by atoms with Crippen molar-refractivity contribution >= 4 is 35.6 Å². The van der Waals surface area contributed by atoms with Gasteiger partial charge < -0.3 is 11.1 Å². The second-order valence-corrected chi connectivity index (χ2v) is 5.45. The van der Waals surface area contributed by atoms with Gasteiger partial charge in [-0.25, -0.2) is 0 Å². The summed E-state index contributed by atoms with van der Waals surface area (Å²) >= 11 is 5.80. The quantitative estimate of drug-likeness (QED) is 0.896. The normalized spacial score (nSPS) is 16.5. The molecular formula is C14H21Cl2N3O. The predicted octanol–water partition coefficient (Wildman–Crippen LogP) is 2.37. The molecule has 0 atom stereocenters. The second-order valence-electron chi connectivity index (χ2n) is 5.01. The molecule has 20 heavy (non-hydrogen) atoms. The first-order valence-electron chi connectivity index (χ1n) is 6.65. The van der Waals surface area contributed by atoms with Crippen molar-refractivity contribution in [2.24, 2.45) is 11.7 Å². The van der Waals surface area contributed by atoms with E-state index in [4.69, 9.17) is 17.3 Å². The fourth-order valence-corrected chi connectivity index (χ4v) is 2.44. The van der Waals surface area contributed by atoms with E-state index in [2.05, 4.69) is 10.2 Å². The van der Waals surface area contributed by atoms with Crippen molar-refractivity contribution in [3.63, 3.8) is 0 Å². The van der Waals surface area contributed by atoms with Crippen LogP contribution in [0.1, 0.15) is 12.8 Å². The van der Waals surface area contributed by atoms with Gasteiger partial charge in [0.25, 0.3) is 0 Å². The van der Waals surface area contributed by atoms with Crippen LogP contribution >= 0.6 is 24.0 Å². The summed E-state index contributed by atoms with van der Waals surface area (Å²) in [7, 11) is 0. The van der Waals surface area contributed by atoms with Crippen molar-refractivity contribution in [3.05, 3.63) is 29.3 Å². The van der Waals surface area contributed by atoms with E-state index in [1.54, 1.807) is 24.3 Å². The molecule has 1 fully saturated rings. The third-order valence-corrected chi connectivity index (χ3v) is 3.79. The maximum atomic E-state index is 11.9. The number of likely N-dealkylation sites (tertiary alicyclic amines) is 1. The van der Waals surface area contributed by atoms with Gasteiger partial charge in [0.2, 0.25) is 5.91 Å². The second kappa shape index (κ2) is 8.47. The van der Waals surface area contributed by atoms with Gasteiger partial charge in [0.15, 0.2) is 0 Å². The van der Waals surface area contributed by atoms with E-state index in [-0.39, 0.29) is 18.3 Å². The van der Waals surface area contributed by atoms with Gasteiger partial charge in [0, 0.05) is 10.7 Å². The van der Waals surface area contributed by atoms with Crippen LogP contribution < -0.4 is 11.1 Å². The van der Waals surface area contributed by atoms with Gasteiger partial charge in [-0.3, -0.25) is 9.69 Å². The molecule has 1 aliphatic heterocycles. The van der Waals surface area contributed by atoms with Crippen LogP contribution in [0, 0.1) is 5.92 Å². The zero-order chi connectivity index (χ0) is 13.7. The van der Waals surface area contributed by atoms with Crippen LogP contribution in [-0.2, 0) is 4.79 Å². The molecule has 6 heteroatoms. The van der Waals surface area contributed by atoms with Crippen LogP contribution in [0.4, 0.5) is 5.69 Å². The Bertz CT molecular complexity index is 417. The van der Waals surface area contributed by atoms with Gasteiger partial charge >= 0.3 is 0 Å². The molecule has 0 aromatic heterocycles. The standard InChI is InChI=1S/C14H20ClN3O.ClH/c15-12-1-3-13(4-2-12)17-14(19)10-18-7-5-11(9-16)6-8-18;/h1-4,11H,5-10,16H2,(H,17,19);1H. The Kier molecular flexibility index (Phi) is 7.30. The number of rotatable bonds is 4. The van der Waals surface area contributed by atoms with E-state index in [0.29, 0.717) is 17.5 Å². The molecule has 0 radical (unpaired) electrons. The number of nitrogens with zero attached hydrogens (tertiary/aromatic N) is 1. The highest BCUT2D eigenvalue weighted by molar-refractivity contribution is 6.30. The highest BCUT2D eigenvalue weighted by atomic mass is 35.5. The van der Waals surface area contributed by atoms with E-state index in [1.807, 2.05) is 0 Å². The number of carbonyl (C=O) groups excluding carboxylic acids is 1.